The van der Waals surface area contributed by atoms with Crippen molar-refractivity contribution in [3.63, 3.8) is 0 Å². The molecule has 33 heavy (non-hydrogen) atoms. The number of rotatable bonds is 14. The molecule has 3 N–H and O–H groups in total. The predicted octanol–water partition coefficient (Wildman–Crippen LogP) is 5.89. The molecule has 2 saturated carbocycles. The number of unbranched alkanes of at least 4 members (excludes halogenated alkanes) is 5. The van der Waals surface area contributed by atoms with Crippen molar-refractivity contribution in [3.05, 3.63) is 29.8 Å². The molecule has 6 heteroatoms. The number of hydrogen-bond acceptors (Lipinski definition) is 4. The Bertz CT molecular complexity index is 737. The summed E-state index contributed by atoms with van der Waals surface area (Å²) in [5, 5.41) is 12.2. The Balaban J connectivity index is 1.21. The average Bonchev–Trinajstić information content (AvgIpc) is 3.65. The van der Waals surface area contributed by atoms with E-state index in [0.717, 1.165) is 31.2 Å². The maximum absolute atomic E-state index is 12.6. The smallest absolute Gasteiger partial charge is 0.238 e. The van der Waals surface area contributed by atoms with Crippen LogP contribution in [0.1, 0.15) is 89.0 Å². The van der Waals surface area contributed by atoms with Gasteiger partial charge in [-0.1, -0.05) is 57.1 Å². The molecule has 2 aliphatic rings. The fourth-order valence-corrected chi connectivity index (χ4v) is 4.92. The second-order valence-corrected chi connectivity index (χ2v) is 9.87. The summed E-state index contributed by atoms with van der Waals surface area (Å²) in [6.45, 7) is 1.92. The van der Waals surface area contributed by atoms with Gasteiger partial charge in [-0.15, -0.1) is 0 Å². The van der Waals surface area contributed by atoms with Gasteiger partial charge in [0.15, 0.2) is 0 Å². The van der Waals surface area contributed by atoms with Crippen molar-refractivity contribution in [2.75, 3.05) is 25.6 Å². The summed E-state index contributed by atoms with van der Waals surface area (Å²) < 4.78 is 5.89. The molecule has 0 saturated heterocycles. The highest BCUT2D eigenvalue weighted by molar-refractivity contribution is 6.14. The minimum Gasteiger partial charge on any atom is -0.381 e. The standard InChI is InChI=1S/C27H43N3O3/c1-28-25(30-32)27(18-19-27)26(31)29-24-16-14-22(15-17-24)11-7-4-2-3-5-10-20-33-21-23-12-8-6-9-13-23/h14-17,23,32H,2-13,18-21H2,1H3,(H,28,30)(H,29,31). The molecule has 0 atom stereocenters. The minimum atomic E-state index is -0.705. The van der Waals surface area contributed by atoms with Crippen molar-refractivity contribution in [1.82, 2.24) is 5.48 Å². The number of ether oxygens (including phenoxy) is 1. The van der Waals surface area contributed by atoms with Crippen molar-refractivity contribution in [1.29, 1.82) is 0 Å². The van der Waals surface area contributed by atoms with Crippen LogP contribution in [0.5, 0.6) is 0 Å². The third kappa shape index (κ3) is 8.11. The van der Waals surface area contributed by atoms with Crippen molar-refractivity contribution < 1.29 is 14.7 Å². The molecular formula is C27H43N3O3. The van der Waals surface area contributed by atoms with Crippen LogP contribution in [-0.4, -0.2) is 37.2 Å². The van der Waals surface area contributed by atoms with E-state index in [1.54, 1.807) is 7.05 Å². The Labute approximate surface area is 199 Å². The molecule has 0 spiro atoms. The first-order valence-electron chi connectivity index (χ1n) is 13.0. The monoisotopic (exact) mass is 457 g/mol. The molecule has 2 aliphatic carbocycles. The zero-order chi connectivity index (χ0) is 23.4. The number of benzene rings is 1. The maximum atomic E-state index is 12.6. The summed E-state index contributed by atoms with van der Waals surface area (Å²) in [6, 6.07) is 8.12. The summed E-state index contributed by atoms with van der Waals surface area (Å²) >= 11 is 0. The first-order valence-corrected chi connectivity index (χ1v) is 13.0. The number of hydroxylamine groups is 1. The topological polar surface area (TPSA) is 83.0 Å². The highest BCUT2D eigenvalue weighted by Gasteiger charge is 2.54. The molecule has 0 bridgehead atoms. The predicted molar refractivity (Wildman–Crippen MR) is 134 cm³/mol. The number of nitrogens with zero attached hydrogens (tertiary/aromatic N) is 1. The van der Waals surface area contributed by atoms with E-state index in [1.807, 2.05) is 12.1 Å². The largest absolute Gasteiger partial charge is 0.381 e. The van der Waals surface area contributed by atoms with Gasteiger partial charge in [0.2, 0.25) is 5.91 Å². The van der Waals surface area contributed by atoms with Crippen LogP contribution >= 0.6 is 0 Å². The molecule has 1 aromatic carbocycles. The van der Waals surface area contributed by atoms with E-state index < -0.39 is 5.41 Å². The average molecular weight is 458 g/mol. The van der Waals surface area contributed by atoms with Gasteiger partial charge in [0.1, 0.15) is 11.3 Å². The van der Waals surface area contributed by atoms with Crippen molar-refractivity contribution in [2.45, 2.75) is 89.9 Å². The van der Waals surface area contributed by atoms with Crippen LogP contribution in [0.4, 0.5) is 5.69 Å². The lowest BCUT2D eigenvalue weighted by atomic mass is 9.90. The quantitative estimate of drug-likeness (QED) is 0.141. The Morgan fingerprint density at radius 3 is 2.33 bits per heavy atom. The Kier molecular flexibility index (Phi) is 10.7. The van der Waals surface area contributed by atoms with Crippen LogP contribution in [-0.2, 0) is 16.0 Å². The van der Waals surface area contributed by atoms with E-state index in [9.17, 15) is 10.0 Å². The number of aryl methyl sites for hydroxylation is 1. The molecule has 1 amide bonds. The summed E-state index contributed by atoms with van der Waals surface area (Å²) in [7, 11) is 1.58. The van der Waals surface area contributed by atoms with Crippen LogP contribution in [0.25, 0.3) is 0 Å². The van der Waals surface area contributed by atoms with Gasteiger partial charge in [0.05, 0.1) is 0 Å². The first kappa shape index (κ1) is 25.7. The van der Waals surface area contributed by atoms with E-state index in [-0.39, 0.29) is 5.91 Å². The lowest BCUT2D eigenvalue weighted by Gasteiger charge is -2.21. The Morgan fingerprint density at radius 1 is 1.03 bits per heavy atom. The molecule has 184 valence electrons. The van der Waals surface area contributed by atoms with Gasteiger partial charge in [0, 0.05) is 25.9 Å². The first-order chi connectivity index (χ1) is 16.2. The number of carbonyl (C=O) groups excluding carboxylic acids is 1. The zero-order valence-electron chi connectivity index (χ0n) is 20.4. The Morgan fingerprint density at radius 2 is 1.70 bits per heavy atom. The van der Waals surface area contributed by atoms with Gasteiger partial charge in [-0.3, -0.25) is 20.5 Å². The van der Waals surface area contributed by atoms with Gasteiger partial charge >= 0.3 is 0 Å². The fraction of sp³-hybridized carbons (Fsp3) is 0.704. The molecule has 0 radical (unpaired) electrons. The summed E-state index contributed by atoms with van der Waals surface area (Å²) in [5.74, 6) is 1.05. The maximum Gasteiger partial charge on any atom is 0.238 e. The van der Waals surface area contributed by atoms with Gasteiger partial charge in [0.25, 0.3) is 0 Å². The van der Waals surface area contributed by atoms with Gasteiger partial charge in [-0.25, -0.2) is 0 Å². The second-order valence-electron chi connectivity index (χ2n) is 9.87. The van der Waals surface area contributed by atoms with Gasteiger partial charge in [-0.2, -0.15) is 0 Å². The number of anilines is 1. The molecule has 0 aromatic heterocycles. The summed E-state index contributed by atoms with van der Waals surface area (Å²) in [5.41, 5.74) is 3.46. The molecule has 0 unspecified atom stereocenters. The zero-order valence-corrected chi connectivity index (χ0v) is 20.4. The third-order valence-electron chi connectivity index (χ3n) is 7.26. The fourth-order valence-electron chi connectivity index (χ4n) is 4.92. The summed E-state index contributed by atoms with van der Waals surface area (Å²) in [6.07, 6.45) is 16.9. The molecule has 1 aromatic rings. The van der Waals surface area contributed by atoms with Gasteiger partial charge < -0.3 is 10.1 Å². The van der Waals surface area contributed by atoms with Crippen molar-refractivity contribution >= 4 is 17.4 Å². The third-order valence-corrected chi connectivity index (χ3v) is 7.26. The molecule has 2 fully saturated rings. The lowest BCUT2D eigenvalue weighted by molar-refractivity contribution is -0.119. The van der Waals surface area contributed by atoms with Crippen LogP contribution in [0.3, 0.4) is 0 Å². The van der Waals surface area contributed by atoms with E-state index in [2.05, 4.69) is 27.9 Å². The summed E-state index contributed by atoms with van der Waals surface area (Å²) in [4.78, 5) is 16.6. The molecule has 0 heterocycles. The Hall–Kier alpha value is -1.92. The highest BCUT2D eigenvalue weighted by atomic mass is 16.5. The van der Waals surface area contributed by atoms with Crippen LogP contribution in [0.15, 0.2) is 29.3 Å². The van der Waals surface area contributed by atoms with Gasteiger partial charge in [-0.05, 0) is 68.6 Å². The van der Waals surface area contributed by atoms with Crippen LogP contribution in [0.2, 0.25) is 0 Å². The number of amides is 1. The van der Waals surface area contributed by atoms with E-state index in [0.29, 0.717) is 18.7 Å². The molecular weight excluding hydrogens is 414 g/mol. The van der Waals surface area contributed by atoms with Crippen molar-refractivity contribution in [2.24, 2.45) is 16.3 Å². The van der Waals surface area contributed by atoms with E-state index in [4.69, 9.17) is 4.74 Å². The second kappa shape index (κ2) is 13.7. The highest BCUT2D eigenvalue weighted by Crippen LogP contribution is 2.47. The number of hydrogen-bond donors (Lipinski definition) is 3. The number of carbonyl (C=O) groups is 1. The van der Waals surface area contributed by atoms with Crippen LogP contribution < -0.4 is 10.8 Å². The normalized spacial score (nSPS) is 18.2. The number of aliphatic imine (C=N–C) groups is 1. The lowest BCUT2D eigenvalue weighted by Crippen LogP contribution is -2.38. The van der Waals surface area contributed by atoms with Crippen molar-refractivity contribution in [3.8, 4) is 0 Å². The minimum absolute atomic E-state index is 0.114. The van der Waals surface area contributed by atoms with Crippen LogP contribution in [0, 0.1) is 11.3 Å². The number of nitrogens with one attached hydrogen (secondary N) is 2. The molecule has 0 aliphatic heterocycles. The number of amidine groups is 1. The van der Waals surface area contributed by atoms with E-state index >= 15 is 0 Å². The SMILES string of the molecule is CN=C(NO)C1(C(=O)Nc2ccc(CCCCCCCCOCC3CCCCC3)cc2)CC1. The molecule has 6 nitrogen and oxygen atoms in total. The van der Waals surface area contributed by atoms with E-state index in [1.165, 1.54) is 76.2 Å². The molecule has 3 rings (SSSR count).